The van der Waals surface area contributed by atoms with E-state index in [1.807, 2.05) is 0 Å². The molecule has 0 heterocycles. The highest BCUT2D eigenvalue weighted by Crippen LogP contribution is 2.06. The Morgan fingerprint density at radius 1 is 1.11 bits per heavy atom. The molecule has 0 amide bonds. The number of sulfone groups is 1. The molecule has 0 radical (unpaired) electrons. The maximum atomic E-state index is 11.9. The van der Waals surface area contributed by atoms with Gasteiger partial charge in [0.15, 0.2) is 14.9 Å². The number of rotatable bonds is 9. The molecule has 8 nitrogen and oxygen atoms in total. The zero-order valence-corrected chi connectivity index (χ0v) is 12.8. The maximum Gasteiger partial charge on any atom is 0.306 e. The third-order valence-electron chi connectivity index (χ3n) is 2.09. The quantitative estimate of drug-likeness (QED) is 0.493. The Morgan fingerprint density at radius 3 is 2.11 bits per heavy atom. The molecule has 0 aromatic heterocycles. The van der Waals surface area contributed by atoms with Crippen LogP contribution in [0.25, 0.3) is 0 Å². The Balaban J connectivity index is 4.86. The molecular formula is C9H19NO7S2. The molecule has 0 fully saturated rings. The second kappa shape index (κ2) is 7.78. The van der Waals surface area contributed by atoms with Crippen molar-refractivity contribution in [2.24, 2.45) is 0 Å². The number of sulfonamides is 1. The fraction of sp³-hybridized carbons (Fsp3) is 0.889. The lowest BCUT2D eigenvalue weighted by Crippen LogP contribution is -2.38. The van der Waals surface area contributed by atoms with Crippen LogP contribution < -0.4 is 0 Å². The molecule has 0 bridgehead atoms. The smallest absolute Gasteiger partial charge is 0.306 e. The minimum Gasteiger partial charge on any atom is -0.469 e. The van der Waals surface area contributed by atoms with Gasteiger partial charge in [-0.15, -0.1) is 0 Å². The fourth-order valence-corrected chi connectivity index (χ4v) is 4.73. The lowest BCUT2D eigenvalue weighted by molar-refractivity contribution is -0.140. The Kier molecular flexibility index (Phi) is 7.49. The molecular weight excluding hydrogens is 298 g/mol. The normalized spacial score (nSPS) is 12.6. The van der Waals surface area contributed by atoms with Crippen LogP contribution in [0.1, 0.15) is 6.42 Å². The van der Waals surface area contributed by atoms with E-state index in [-0.39, 0.29) is 26.1 Å². The average Bonchev–Trinajstić information content (AvgIpc) is 2.24. The summed E-state index contributed by atoms with van der Waals surface area (Å²) in [6.07, 6.45) is 0.683. The number of ether oxygens (including phenoxy) is 2. The van der Waals surface area contributed by atoms with Gasteiger partial charge in [0.2, 0.25) is 10.0 Å². The molecule has 0 aliphatic heterocycles. The van der Waals surface area contributed by atoms with E-state index in [1.54, 1.807) is 0 Å². The van der Waals surface area contributed by atoms with Gasteiger partial charge >= 0.3 is 5.97 Å². The first kappa shape index (κ1) is 18.3. The highest BCUT2D eigenvalue weighted by molar-refractivity contribution is 8.06. The van der Waals surface area contributed by atoms with Crippen LogP contribution in [0, 0.1) is 0 Å². The summed E-state index contributed by atoms with van der Waals surface area (Å²) in [6.45, 7) is -0.0661. The van der Waals surface area contributed by atoms with Crippen molar-refractivity contribution in [1.82, 2.24) is 4.31 Å². The largest absolute Gasteiger partial charge is 0.469 e. The summed E-state index contributed by atoms with van der Waals surface area (Å²) in [5.41, 5.74) is 0. The van der Waals surface area contributed by atoms with Crippen LogP contribution in [0.2, 0.25) is 0 Å². The Bertz CT molecular complexity index is 483. The summed E-state index contributed by atoms with van der Waals surface area (Å²) in [7, 11) is -5.10. The van der Waals surface area contributed by atoms with Gasteiger partial charge in [-0.1, -0.05) is 0 Å². The SMILES string of the molecule is COCCN(CCC(=O)OC)S(=O)(=O)CS(C)(=O)=O. The first-order valence-electron chi connectivity index (χ1n) is 5.33. The number of nitrogens with zero attached hydrogens (tertiary/aromatic N) is 1. The molecule has 0 aromatic rings. The lowest BCUT2D eigenvalue weighted by atomic mass is 10.4. The van der Waals surface area contributed by atoms with E-state index >= 15 is 0 Å². The van der Waals surface area contributed by atoms with E-state index < -0.39 is 30.9 Å². The first-order chi connectivity index (χ1) is 8.62. The molecule has 0 spiro atoms. The van der Waals surface area contributed by atoms with Gasteiger partial charge in [0.1, 0.15) is 0 Å². The fourth-order valence-electron chi connectivity index (χ4n) is 1.25. The number of carbonyl (C=O) groups excluding carboxylic acids is 1. The summed E-state index contributed by atoms with van der Waals surface area (Å²) in [4.78, 5) is 11.0. The van der Waals surface area contributed by atoms with E-state index in [1.165, 1.54) is 14.2 Å². The Hall–Kier alpha value is -0.710. The molecule has 0 aliphatic rings. The van der Waals surface area contributed by atoms with Crippen LogP contribution in [-0.2, 0) is 34.1 Å². The van der Waals surface area contributed by atoms with Crippen molar-refractivity contribution >= 4 is 25.8 Å². The van der Waals surface area contributed by atoms with E-state index in [4.69, 9.17) is 4.74 Å². The van der Waals surface area contributed by atoms with Crippen molar-refractivity contribution in [2.75, 3.05) is 45.3 Å². The Morgan fingerprint density at radius 2 is 1.68 bits per heavy atom. The molecule has 0 aliphatic carbocycles. The zero-order valence-electron chi connectivity index (χ0n) is 11.2. The van der Waals surface area contributed by atoms with E-state index in [9.17, 15) is 21.6 Å². The van der Waals surface area contributed by atoms with E-state index in [2.05, 4.69) is 4.74 Å². The number of hydrogen-bond acceptors (Lipinski definition) is 7. The molecule has 0 N–H and O–H groups in total. The highest BCUT2D eigenvalue weighted by atomic mass is 32.3. The summed E-state index contributed by atoms with van der Waals surface area (Å²) >= 11 is 0. The molecule has 0 aromatic carbocycles. The summed E-state index contributed by atoms with van der Waals surface area (Å²) in [5, 5.41) is -0.995. The van der Waals surface area contributed by atoms with Crippen molar-refractivity contribution in [3.8, 4) is 0 Å². The molecule has 114 valence electrons. The average molecular weight is 317 g/mol. The maximum absolute atomic E-state index is 11.9. The minimum absolute atomic E-state index is 0.0225. The van der Waals surface area contributed by atoms with Crippen LogP contribution >= 0.6 is 0 Å². The highest BCUT2D eigenvalue weighted by Gasteiger charge is 2.26. The second-order valence-corrected chi connectivity index (χ2v) is 8.35. The van der Waals surface area contributed by atoms with Crippen LogP contribution in [-0.4, -0.2) is 72.4 Å². The summed E-state index contributed by atoms with van der Waals surface area (Å²) < 4.78 is 56.0. The van der Waals surface area contributed by atoms with Gasteiger partial charge in [-0.25, -0.2) is 16.8 Å². The van der Waals surface area contributed by atoms with Crippen molar-refractivity contribution in [3.05, 3.63) is 0 Å². The second-order valence-electron chi connectivity index (χ2n) is 3.87. The number of hydrogen-bond donors (Lipinski definition) is 0. The molecule has 0 saturated carbocycles. The van der Waals surface area contributed by atoms with Crippen LogP contribution in [0.4, 0.5) is 0 Å². The molecule has 0 unspecified atom stereocenters. The number of methoxy groups -OCH3 is 2. The molecule has 0 saturated heterocycles. The van der Waals surface area contributed by atoms with Crippen LogP contribution in [0.3, 0.4) is 0 Å². The summed E-state index contributed by atoms with van der Waals surface area (Å²) in [6, 6.07) is 0. The topological polar surface area (TPSA) is 107 Å². The summed E-state index contributed by atoms with van der Waals surface area (Å²) in [5.74, 6) is -0.572. The van der Waals surface area contributed by atoms with Gasteiger partial charge in [0.25, 0.3) is 0 Å². The monoisotopic (exact) mass is 317 g/mol. The van der Waals surface area contributed by atoms with Gasteiger partial charge < -0.3 is 9.47 Å². The minimum atomic E-state index is -4.00. The molecule has 10 heteroatoms. The van der Waals surface area contributed by atoms with Crippen molar-refractivity contribution in [1.29, 1.82) is 0 Å². The third-order valence-corrected chi connectivity index (χ3v) is 6.15. The lowest BCUT2D eigenvalue weighted by Gasteiger charge is -2.20. The van der Waals surface area contributed by atoms with Gasteiger partial charge in [-0.2, -0.15) is 4.31 Å². The molecule has 19 heavy (non-hydrogen) atoms. The molecule has 0 atom stereocenters. The zero-order chi connectivity index (χ0) is 15.1. The Labute approximate surface area is 113 Å². The number of esters is 1. The van der Waals surface area contributed by atoms with Gasteiger partial charge in [-0.3, -0.25) is 4.79 Å². The van der Waals surface area contributed by atoms with E-state index in [0.717, 1.165) is 10.6 Å². The van der Waals surface area contributed by atoms with Gasteiger partial charge in [0.05, 0.1) is 20.1 Å². The first-order valence-corrected chi connectivity index (χ1v) is 9.00. The predicted molar refractivity (Wildman–Crippen MR) is 68.7 cm³/mol. The molecule has 0 rings (SSSR count). The van der Waals surface area contributed by atoms with E-state index in [0.29, 0.717) is 0 Å². The van der Waals surface area contributed by atoms with Crippen molar-refractivity contribution < 1.29 is 31.1 Å². The van der Waals surface area contributed by atoms with Gasteiger partial charge in [0, 0.05) is 26.5 Å². The van der Waals surface area contributed by atoms with Gasteiger partial charge in [-0.05, 0) is 0 Å². The van der Waals surface area contributed by atoms with Crippen LogP contribution in [0.15, 0.2) is 0 Å². The predicted octanol–water partition coefficient (Wildman–Crippen LogP) is -1.17. The third kappa shape index (κ3) is 8.14. The van der Waals surface area contributed by atoms with Crippen LogP contribution in [0.5, 0.6) is 0 Å². The van der Waals surface area contributed by atoms with Crippen molar-refractivity contribution in [2.45, 2.75) is 6.42 Å². The van der Waals surface area contributed by atoms with Crippen molar-refractivity contribution in [3.63, 3.8) is 0 Å². The standard InChI is InChI=1S/C9H19NO7S2/c1-16-7-6-10(5-4-9(11)17-2)19(14,15)8-18(3,12)13/h4-8H2,1-3H3. The number of carbonyl (C=O) groups is 1.